The SMILES string of the molecule is O=C(NCc1ccc(F)cc1)C1CC1C(=O)NCc1ccco1. The molecule has 1 aliphatic rings. The number of rotatable bonds is 6. The van der Waals surface area contributed by atoms with Gasteiger partial charge in [-0.15, -0.1) is 0 Å². The van der Waals surface area contributed by atoms with Crippen LogP contribution >= 0.6 is 0 Å². The summed E-state index contributed by atoms with van der Waals surface area (Å²) >= 11 is 0. The van der Waals surface area contributed by atoms with E-state index in [2.05, 4.69) is 10.6 Å². The monoisotopic (exact) mass is 316 g/mol. The van der Waals surface area contributed by atoms with Crippen LogP contribution in [0.4, 0.5) is 4.39 Å². The summed E-state index contributed by atoms with van der Waals surface area (Å²) in [6.45, 7) is 0.655. The van der Waals surface area contributed by atoms with E-state index < -0.39 is 0 Å². The standard InChI is InChI=1S/C17H17FN2O3/c18-12-5-3-11(4-6-12)9-19-16(21)14-8-15(14)17(22)20-10-13-2-1-7-23-13/h1-7,14-15H,8-10H2,(H,19,21)(H,20,22). The third-order valence-electron chi connectivity index (χ3n) is 3.86. The largest absolute Gasteiger partial charge is 0.467 e. The summed E-state index contributed by atoms with van der Waals surface area (Å²) in [5.74, 6) is -0.479. The van der Waals surface area contributed by atoms with E-state index >= 15 is 0 Å². The van der Waals surface area contributed by atoms with Crippen LogP contribution < -0.4 is 10.6 Å². The van der Waals surface area contributed by atoms with Crippen molar-refractivity contribution in [2.45, 2.75) is 19.5 Å². The zero-order valence-corrected chi connectivity index (χ0v) is 12.4. The summed E-state index contributed by atoms with van der Waals surface area (Å²) in [6, 6.07) is 9.48. The number of carbonyl (C=O) groups excluding carboxylic acids is 2. The van der Waals surface area contributed by atoms with Gasteiger partial charge in [0.15, 0.2) is 0 Å². The quantitative estimate of drug-likeness (QED) is 0.856. The Hall–Kier alpha value is -2.63. The molecule has 6 heteroatoms. The topological polar surface area (TPSA) is 71.3 Å². The first-order valence-electron chi connectivity index (χ1n) is 7.46. The zero-order chi connectivity index (χ0) is 16.2. The molecular weight excluding hydrogens is 299 g/mol. The predicted molar refractivity (Wildman–Crippen MR) is 80.4 cm³/mol. The van der Waals surface area contributed by atoms with Gasteiger partial charge in [0, 0.05) is 6.54 Å². The molecule has 1 saturated carbocycles. The summed E-state index contributed by atoms with van der Waals surface area (Å²) in [5.41, 5.74) is 0.819. The highest BCUT2D eigenvalue weighted by molar-refractivity contribution is 5.92. The summed E-state index contributed by atoms with van der Waals surface area (Å²) in [5, 5.41) is 5.53. The van der Waals surface area contributed by atoms with Gasteiger partial charge in [-0.25, -0.2) is 4.39 Å². The van der Waals surface area contributed by atoms with E-state index in [0.29, 0.717) is 25.3 Å². The lowest BCUT2D eigenvalue weighted by Crippen LogP contribution is -2.29. The molecule has 2 aromatic rings. The van der Waals surface area contributed by atoms with Crippen molar-refractivity contribution in [2.75, 3.05) is 0 Å². The van der Waals surface area contributed by atoms with Gasteiger partial charge >= 0.3 is 0 Å². The molecule has 0 aliphatic heterocycles. The minimum atomic E-state index is -0.310. The Kier molecular flexibility index (Phi) is 4.41. The van der Waals surface area contributed by atoms with Gasteiger partial charge in [-0.05, 0) is 36.2 Å². The van der Waals surface area contributed by atoms with Crippen LogP contribution in [0.15, 0.2) is 47.1 Å². The highest BCUT2D eigenvalue weighted by Crippen LogP contribution is 2.38. The summed E-state index contributed by atoms with van der Waals surface area (Å²) in [7, 11) is 0. The summed E-state index contributed by atoms with van der Waals surface area (Å²) in [4.78, 5) is 24.0. The molecule has 0 bridgehead atoms. The van der Waals surface area contributed by atoms with E-state index in [1.807, 2.05) is 0 Å². The first-order valence-corrected chi connectivity index (χ1v) is 7.46. The van der Waals surface area contributed by atoms with Gasteiger partial charge in [-0.2, -0.15) is 0 Å². The van der Waals surface area contributed by atoms with Crippen molar-refractivity contribution in [3.8, 4) is 0 Å². The van der Waals surface area contributed by atoms with Crippen LogP contribution in [0.1, 0.15) is 17.7 Å². The second-order valence-corrected chi connectivity index (χ2v) is 5.59. The molecule has 1 aromatic carbocycles. The van der Waals surface area contributed by atoms with Crippen molar-refractivity contribution in [3.63, 3.8) is 0 Å². The third kappa shape index (κ3) is 3.97. The lowest BCUT2D eigenvalue weighted by atomic mass is 10.2. The van der Waals surface area contributed by atoms with Crippen molar-refractivity contribution in [3.05, 3.63) is 59.8 Å². The number of halogens is 1. The average Bonchev–Trinajstić information content (AvgIpc) is 3.19. The van der Waals surface area contributed by atoms with E-state index in [9.17, 15) is 14.0 Å². The minimum absolute atomic E-state index is 0.136. The molecule has 23 heavy (non-hydrogen) atoms. The lowest BCUT2D eigenvalue weighted by Gasteiger charge is -2.05. The Balaban J connectivity index is 1.41. The molecule has 1 heterocycles. The lowest BCUT2D eigenvalue weighted by molar-refractivity contribution is -0.127. The van der Waals surface area contributed by atoms with Gasteiger partial charge in [-0.3, -0.25) is 9.59 Å². The fourth-order valence-electron chi connectivity index (χ4n) is 2.42. The van der Waals surface area contributed by atoms with Crippen LogP contribution in [0, 0.1) is 17.7 Å². The van der Waals surface area contributed by atoms with Gasteiger partial charge in [0.05, 0.1) is 24.6 Å². The fraction of sp³-hybridized carbons (Fsp3) is 0.294. The van der Waals surface area contributed by atoms with Crippen molar-refractivity contribution < 1.29 is 18.4 Å². The molecule has 5 nitrogen and oxygen atoms in total. The number of nitrogens with one attached hydrogen (secondary N) is 2. The van der Waals surface area contributed by atoms with Crippen molar-refractivity contribution in [1.82, 2.24) is 10.6 Å². The van der Waals surface area contributed by atoms with Gasteiger partial charge < -0.3 is 15.1 Å². The summed E-state index contributed by atoms with van der Waals surface area (Å²) < 4.78 is 17.9. The van der Waals surface area contributed by atoms with E-state index in [1.165, 1.54) is 12.1 Å². The van der Waals surface area contributed by atoms with Crippen molar-refractivity contribution in [1.29, 1.82) is 0 Å². The Labute approximate surface area is 132 Å². The maximum Gasteiger partial charge on any atom is 0.224 e. The third-order valence-corrected chi connectivity index (χ3v) is 3.86. The molecule has 2 N–H and O–H groups in total. The maximum absolute atomic E-state index is 12.8. The molecule has 1 aliphatic carbocycles. The van der Waals surface area contributed by atoms with Crippen molar-refractivity contribution >= 4 is 11.8 Å². The molecule has 1 aromatic heterocycles. The molecule has 2 atom stereocenters. The Bertz CT molecular complexity index is 682. The van der Waals surface area contributed by atoms with Crippen LogP contribution in [-0.2, 0) is 22.7 Å². The number of carbonyl (C=O) groups is 2. The zero-order valence-electron chi connectivity index (χ0n) is 12.4. The van der Waals surface area contributed by atoms with E-state index in [0.717, 1.165) is 5.56 Å². The van der Waals surface area contributed by atoms with Crippen LogP contribution in [0.25, 0.3) is 0 Å². The number of hydrogen-bond donors (Lipinski definition) is 2. The van der Waals surface area contributed by atoms with Gasteiger partial charge in [0.2, 0.25) is 11.8 Å². The maximum atomic E-state index is 12.8. The van der Waals surface area contributed by atoms with Crippen LogP contribution in [0.3, 0.4) is 0 Å². The predicted octanol–water partition coefficient (Wildman–Crippen LogP) is 1.99. The van der Waals surface area contributed by atoms with E-state index in [-0.39, 0.29) is 29.5 Å². The molecule has 2 amide bonds. The Morgan fingerprint density at radius 2 is 1.70 bits per heavy atom. The highest BCUT2D eigenvalue weighted by atomic mass is 19.1. The smallest absolute Gasteiger partial charge is 0.224 e. The summed E-state index contributed by atoms with van der Waals surface area (Å²) in [6.07, 6.45) is 2.10. The molecule has 0 saturated heterocycles. The first-order chi connectivity index (χ1) is 11.1. The van der Waals surface area contributed by atoms with Crippen LogP contribution in [0.2, 0.25) is 0 Å². The van der Waals surface area contributed by atoms with Crippen LogP contribution in [-0.4, -0.2) is 11.8 Å². The first kappa shape index (κ1) is 15.3. The molecule has 1 fully saturated rings. The number of furan rings is 1. The van der Waals surface area contributed by atoms with E-state index in [4.69, 9.17) is 4.42 Å². The number of benzene rings is 1. The molecular formula is C17H17FN2O3. The molecule has 2 unspecified atom stereocenters. The van der Waals surface area contributed by atoms with Gasteiger partial charge in [0.25, 0.3) is 0 Å². The number of amides is 2. The second kappa shape index (κ2) is 6.64. The second-order valence-electron chi connectivity index (χ2n) is 5.59. The number of hydrogen-bond acceptors (Lipinski definition) is 3. The molecule has 0 radical (unpaired) electrons. The minimum Gasteiger partial charge on any atom is -0.467 e. The van der Waals surface area contributed by atoms with E-state index in [1.54, 1.807) is 30.5 Å². The average molecular weight is 316 g/mol. The Morgan fingerprint density at radius 3 is 2.30 bits per heavy atom. The molecule has 3 rings (SSSR count). The van der Waals surface area contributed by atoms with Crippen molar-refractivity contribution in [2.24, 2.45) is 11.8 Å². The molecule has 0 spiro atoms. The normalized spacial score (nSPS) is 19.2. The van der Waals surface area contributed by atoms with Gasteiger partial charge in [-0.1, -0.05) is 12.1 Å². The highest BCUT2D eigenvalue weighted by Gasteiger charge is 2.47. The van der Waals surface area contributed by atoms with Crippen LogP contribution in [0.5, 0.6) is 0 Å². The fourth-order valence-corrected chi connectivity index (χ4v) is 2.42. The Morgan fingerprint density at radius 1 is 1.04 bits per heavy atom. The molecule has 120 valence electrons. The van der Waals surface area contributed by atoms with Gasteiger partial charge in [0.1, 0.15) is 11.6 Å².